The highest BCUT2D eigenvalue weighted by Gasteiger charge is 2.45. The SMILES string of the molecule is C=C1CC2C(CCc3cc(C)c4c(sc5cc(-c6ccc(F)cc6)ccc54)c3-c3n(-c4ccc(C(C)(C)C)cc4-c4ccccc4)c4ccccc4[n+]31)c1ccccc1-c1cc(CC(C)C)c([Si](C)(C)C)c[n+]12. The Labute approximate surface area is 436 Å². The third kappa shape index (κ3) is 8.04. The number of benzene rings is 7. The minimum Gasteiger partial charge on any atom is -0.207 e. The Morgan fingerprint density at radius 2 is 1.51 bits per heavy atom. The zero-order valence-electron chi connectivity index (χ0n) is 43.9. The fourth-order valence-electron chi connectivity index (χ4n) is 12.6. The summed E-state index contributed by atoms with van der Waals surface area (Å²) in [6.07, 6.45) is 6.37. The molecule has 10 aromatic rings. The molecule has 364 valence electrons. The van der Waals surface area contributed by atoms with E-state index in [2.05, 4.69) is 208 Å². The molecule has 2 atom stereocenters. The maximum atomic E-state index is 14.2. The molecule has 0 amide bonds. The van der Waals surface area contributed by atoms with E-state index in [4.69, 9.17) is 6.58 Å². The first-order chi connectivity index (χ1) is 35.0. The third-order valence-electron chi connectivity index (χ3n) is 16.0. The van der Waals surface area contributed by atoms with Crippen LogP contribution in [0.5, 0.6) is 0 Å². The van der Waals surface area contributed by atoms with Crippen LogP contribution in [0.25, 0.3) is 87.5 Å². The third-order valence-corrected chi connectivity index (χ3v) is 19.2. The second-order valence-corrected chi connectivity index (χ2v) is 29.6. The molecule has 2 aliphatic heterocycles. The monoisotopic (exact) mass is 991 g/mol. The van der Waals surface area contributed by atoms with Crippen molar-refractivity contribution < 1.29 is 13.5 Å². The fourth-order valence-corrected chi connectivity index (χ4v) is 15.6. The highest BCUT2D eigenvalue weighted by molar-refractivity contribution is 7.26. The lowest BCUT2D eigenvalue weighted by Gasteiger charge is -2.33. The van der Waals surface area contributed by atoms with E-state index in [1.165, 1.54) is 75.9 Å². The van der Waals surface area contributed by atoms with Crippen LogP contribution in [0.15, 0.2) is 164 Å². The summed E-state index contributed by atoms with van der Waals surface area (Å²) >= 11 is 1.90. The topological polar surface area (TPSA) is 12.7 Å². The zero-order chi connectivity index (χ0) is 50.7. The van der Waals surface area contributed by atoms with Crippen LogP contribution < -0.4 is 14.3 Å². The first-order valence-electron chi connectivity index (χ1n) is 26.4. The molecular weight excluding hydrogens is 926 g/mol. The van der Waals surface area contributed by atoms with Gasteiger partial charge >= 0.3 is 5.82 Å². The molecule has 0 radical (unpaired) electrons. The van der Waals surface area contributed by atoms with E-state index in [0.717, 1.165) is 65.1 Å². The molecule has 0 saturated heterocycles. The summed E-state index contributed by atoms with van der Waals surface area (Å²) in [4.78, 5) is 0. The van der Waals surface area contributed by atoms with E-state index in [0.29, 0.717) is 5.92 Å². The lowest BCUT2D eigenvalue weighted by Crippen LogP contribution is -2.54. The van der Waals surface area contributed by atoms with Gasteiger partial charge in [-0.1, -0.05) is 158 Å². The standard InChI is InChI=1S/C67H66FN3SSi/c1-41(2)34-48-37-60-52-21-15-14-20-51(52)53-31-27-47-35-42(3)63-54-32-26-46(44-24-29-50(68)30-25-44)38-61(54)72-65(63)64(47)66-70(43(4)36-59(53)69(60)40-62(48)73(8,9)10)57-22-16-17-23-58(57)71(66)56-33-28-49(67(5,6)7)39-55(56)45-18-12-11-13-19-45/h11-26,28-30,32-33,35,37-41,53,59H,4,27,31,34,36H2,1-3,5-10H3/q+2. The summed E-state index contributed by atoms with van der Waals surface area (Å²) in [5.41, 5.74) is 19.9. The van der Waals surface area contributed by atoms with Crippen LogP contribution in [0.1, 0.15) is 87.2 Å². The second kappa shape index (κ2) is 17.7. The van der Waals surface area contributed by atoms with Crippen molar-refractivity contribution in [2.75, 3.05) is 0 Å². The van der Waals surface area contributed by atoms with Crippen LogP contribution >= 0.6 is 11.3 Å². The van der Waals surface area contributed by atoms with Crippen LogP contribution in [0.2, 0.25) is 19.6 Å². The van der Waals surface area contributed by atoms with Crippen molar-refractivity contribution in [3.05, 3.63) is 198 Å². The van der Waals surface area contributed by atoms with Crippen LogP contribution in [0.4, 0.5) is 4.39 Å². The Kier molecular flexibility index (Phi) is 11.5. The number of hydrogen-bond donors (Lipinski definition) is 0. The highest BCUT2D eigenvalue weighted by atomic mass is 32.1. The van der Waals surface area contributed by atoms with Gasteiger partial charge in [0.25, 0.3) is 0 Å². The molecule has 0 saturated carbocycles. The number of pyridine rings is 1. The zero-order valence-corrected chi connectivity index (χ0v) is 45.7. The molecule has 0 aliphatic carbocycles. The van der Waals surface area contributed by atoms with Gasteiger partial charge in [-0.3, -0.25) is 0 Å². The summed E-state index contributed by atoms with van der Waals surface area (Å²) in [5.74, 6) is 1.74. The molecule has 0 N–H and O–H groups in total. The Hall–Kier alpha value is -6.73. The maximum absolute atomic E-state index is 14.2. The molecular formula is C67H66FN3SSi+2. The Morgan fingerprint density at radius 3 is 2.26 bits per heavy atom. The number of rotatable bonds is 6. The molecule has 7 aromatic carbocycles. The van der Waals surface area contributed by atoms with Crippen LogP contribution in [-0.4, -0.2) is 12.6 Å². The molecule has 3 nitrogen and oxygen atoms in total. The largest absolute Gasteiger partial charge is 0.301 e. The summed E-state index contributed by atoms with van der Waals surface area (Å²) in [6, 6.07) is 55.5. The number of thiophene rings is 1. The van der Waals surface area contributed by atoms with Crippen molar-refractivity contribution in [3.63, 3.8) is 0 Å². The number of allylic oxidation sites excluding steroid dienone is 1. The first kappa shape index (κ1) is 47.3. The Morgan fingerprint density at radius 1 is 0.781 bits per heavy atom. The summed E-state index contributed by atoms with van der Waals surface area (Å²) < 4.78 is 24.6. The van der Waals surface area contributed by atoms with Gasteiger partial charge in [0, 0.05) is 43.8 Å². The molecule has 73 heavy (non-hydrogen) atoms. The molecule has 0 bridgehead atoms. The molecule has 0 fully saturated rings. The van der Waals surface area contributed by atoms with Gasteiger partial charge in [-0.2, -0.15) is 13.7 Å². The normalized spacial score (nSPS) is 15.8. The van der Waals surface area contributed by atoms with Crippen LogP contribution in [0, 0.1) is 18.7 Å². The molecule has 6 heteroatoms. The number of imidazole rings is 1. The van der Waals surface area contributed by atoms with E-state index in [-0.39, 0.29) is 23.2 Å². The maximum Gasteiger partial charge on any atom is 0.301 e. The lowest BCUT2D eigenvalue weighted by molar-refractivity contribution is -0.719. The van der Waals surface area contributed by atoms with E-state index < -0.39 is 8.07 Å². The molecule has 5 heterocycles. The minimum absolute atomic E-state index is 0.0526. The van der Waals surface area contributed by atoms with Gasteiger partial charge in [0.15, 0.2) is 23.3 Å². The van der Waals surface area contributed by atoms with Crippen molar-refractivity contribution >= 4 is 61.5 Å². The highest BCUT2D eigenvalue weighted by Crippen LogP contribution is 2.50. The van der Waals surface area contributed by atoms with E-state index in [1.807, 2.05) is 23.5 Å². The van der Waals surface area contributed by atoms with Crippen molar-refractivity contribution in [1.29, 1.82) is 0 Å². The smallest absolute Gasteiger partial charge is 0.207 e. The van der Waals surface area contributed by atoms with Gasteiger partial charge in [-0.25, -0.2) is 4.39 Å². The van der Waals surface area contributed by atoms with Crippen molar-refractivity contribution in [3.8, 4) is 50.6 Å². The van der Waals surface area contributed by atoms with Gasteiger partial charge in [-0.15, -0.1) is 11.3 Å². The van der Waals surface area contributed by atoms with Crippen LogP contribution in [-0.2, 0) is 18.3 Å². The van der Waals surface area contributed by atoms with E-state index >= 15 is 0 Å². The van der Waals surface area contributed by atoms with E-state index in [1.54, 1.807) is 17.3 Å². The summed E-state index contributed by atoms with van der Waals surface area (Å²) in [5, 5.41) is 4.11. The second-order valence-electron chi connectivity index (χ2n) is 23.5. The van der Waals surface area contributed by atoms with Crippen molar-refractivity contribution in [1.82, 2.24) is 4.57 Å². The minimum atomic E-state index is -1.77. The van der Waals surface area contributed by atoms with Gasteiger partial charge in [0.2, 0.25) is 5.69 Å². The van der Waals surface area contributed by atoms with Crippen molar-refractivity contribution in [2.45, 2.75) is 104 Å². The molecule has 2 aliphatic rings. The predicted octanol–water partition coefficient (Wildman–Crippen LogP) is 16.9. The molecule has 12 rings (SSSR count). The number of nitrogens with zero attached hydrogens (tertiary/aromatic N) is 3. The fraction of sp³-hybridized carbons (Fsp3) is 0.254. The molecule has 2 unspecified atom stereocenters. The van der Waals surface area contributed by atoms with Gasteiger partial charge < -0.3 is 0 Å². The molecule has 3 aromatic heterocycles. The number of aromatic nitrogens is 3. The number of aryl methyl sites for hydroxylation is 2. The predicted molar refractivity (Wildman–Crippen MR) is 310 cm³/mol. The van der Waals surface area contributed by atoms with Gasteiger partial charge in [0.1, 0.15) is 17.2 Å². The summed E-state index contributed by atoms with van der Waals surface area (Å²) in [6.45, 7) is 26.8. The molecule has 0 spiro atoms. The Bertz CT molecular complexity index is 3840. The van der Waals surface area contributed by atoms with Gasteiger partial charge in [0.05, 0.1) is 24.8 Å². The lowest BCUT2D eigenvalue weighted by atomic mass is 9.77. The Balaban J connectivity index is 1.18. The average Bonchev–Trinajstić information content (AvgIpc) is 3.92. The summed E-state index contributed by atoms with van der Waals surface area (Å²) in [7, 11) is -1.77. The number of hydrogen-bond acceptors (Lipinski definition) is 1. The number of halogens is 1. The quantitative estimate of drug-likeness (QED) is 0.116. The van der Waals surface area contributed by atoms with Crippen LogP contribution in [0.3, 0.4) is 0 Å². The number of fused-ring (bicyclic) bond motifs is 15. The number of para-hydroxylation sites is 2. The van der Waals surface area contributed by atoms with E-state index in [9.17, 15) is 4.39 Å². The van der Waals surface area contributed by atoms with Gasteiger partial charge in [-0.05, 0) is 131 Å². The average molecular weight is 992 g/mol. The first-order valence-corrected chi connectivity index (χ1v) is 30.7. The van der Waals surface area contributed by atoms with Crippen molar-refractivity contribution in [2.24, 2.45) is 5.92 Å².